The second-order valence-corrected chi connectivity index (χ2v) is 9.46. The number of aryl methyl sites for hydroxylation is 2. The van der Waals surface area contributed by atoms with E-state index in [9.17, 15) is 14.4 Å². The first-order valence-corrected chi connectivity index (χ1v) is 10.5. The number of nitrogens with zero attached hydrogens (tertiary/aromatic N) is 2. The van der Waals surface area contributed by atoms with Crippen LogP contribution in [0.4, 0.5) is 5.69 Å². The number of nitrogens with one attached hydrogen (secondary N) is 1. The van der Waals surface area contributed by atoms with E-state index in [2.05, 4.69) is 5.32 Å². The molecule has 1 aromatic carbocycles. The second-order valence-electron chi connectivity index (χ2n) is 9.46. The minimum atomic E-state index is -0.261. The van der Waals surface area contributed by atoms with Crippen molar-refractivity contribution in [3.63, 3.8) is 0 Å². The summed E-state index contributed by atoms with van der Waals surface area (Å²) in [5.74, 6) is -0.216. The fourth-order valence-corrected chi connectivity index (χ4v) is 4.20. The summed E-state index contributed by atoms with van der Waals surface area (Å²) in [5.41, 5.74) is 2.91. The van der Waals surface area contributed by atoms with Gasteiger partial charge in [0, 0.05) is 43.2 Å². The Bertz CT molecular complexity index is 804. The summed E-state index contributed by atoms with van der Waals surface area (Å²) in [5, 5.41) is 3.01. The van der Waals surface area contributed by atoms with Crippen LogP contribution >= 0.6 is 0 Å². The number of piperidine rings is 1. The third kappa shape index (κ3) is 4.80. The lowest BCUT2D eigenvalue weighted by Gasteiger charge is -2.34. The van der Waals surface area contributed by atoms with E-state index in [4.69, 9.17) is 0 Å². The van der Waals surface area contributed by atoms with Crippen molar-refractivity contribution in [3.8, 4) is 0 Å². The van der Waals surface area contributed by atoms with Crippen LogP contribution in [0.25, 0.3) is 0 Å². The highest BCUT2D eigenvalue weighted by Gasteiger charge is 2.41. The van der Waals surface area contributed by atoms with E-state index in [1.165, 1.54) is 5.56 Å². The van der Waals surface area contributed by atoms with Gasteiger partial charge in [-0.3, -0.25) is 14.4 Å². The maximum atomic E-state index is 12.9. The Morgan fingerprint density at radius 3 is 2.24 bits per heavy atom. The second kappa shape index (κ2) is 8.17. The van der Waals surface area contributed by atoms with Crippen LogP contribution in [0.3, 0.4) is 0 Å². The van der Waals surface area contributed by atoms with Crippen LogP contribution in [0.1, 0.15) is 51.2 Å². The third-order valence-corrected chi connectivity index (χ3v) is 6.24. The van der Waals surface area contributed by atoms with Crippen LogP contribution in [-0.4, -0.2) is 52.7 Å². The molecule has 0 aliphatic carbocycles. The standard InChI is InChI=1S/C23H33N3O3/c1-15-6-7-19(12-16(15)2)24-21(28)17-8-10-25(11-9-17)22(29)18-13-20(27)26(14-18)23(3,4)5/h6-7,12,17-18H,8-11,13-14H2,1-5H3,(H,24,28). The van der Waals surface area contributed by atoms with Gasteiger partial charge in [0.15, 0.2) is 0 Å². The number of carbonyl (C=O) groups is 3. The number of rotatable bonds is 3. The molecule has 2 heterocycles. The van der Waals surface area contributed by atoms with Crippen LogP contribution < -0.4 is 5.32 Å². The first kappa shape index (κ1) is 21.3. The molecule has 0 radical (unpaired) electrons. The Hall–Kier alpha value is -2.37. The molecule has 3 amide bonds. The fraction of sp³-hybridized carbons (Fsp3) is 0.609. The Balaban J connectivity index is 1.52. The average Bonchev–Trinajstić information content (AvgIpc) is 3.06. The minimum absolute atomic E-state index is 0.0234. The van der Waals surface area contributed by atoms with E-state index in [0.29, 0.717) is 38.9 Å². The molecular weight excluding hydrogens is 366 g/mol. The quantitative estimate of drug-likeness (QED) is 0.849. The molecule has 0 spiro atoms. The number of benzene rings is 1. The molecule has 1 atom stereocenters. The van der Waals surface area contributed by atoms with Gasteiger partial charge in [0.05, 0.1) is 5.92 Å². The normalized spacial score (nSPS) is 20.9. The molecule has 2 saturated heterocycles. The molecule has 2 aliphatic rings. The lowest BCUT2D eigenvalue weighted by atomic mass is 9.94. The Morgan fingerprint density at radius 1 is 1.03 bits per heavy atom. The van der Waals surface area contributed by atoms with Gasteiger partial charge in [-0.15, -0.1) is 0 Å². The van der Waals surface area contributed by atoms with Crippen LogP contribution in [-0.2, 0) is 14.4 Å². The molecular formula is C23H33N3O3. The van der Waals surface area contributed by atoms with Gasteiger partial charge in [-0.05, 0) is 70.7 Å². The summed E-state index contributed by atoms with van der Waals surface area (Å²) < 4.78 is 0. The summed E-state index contributed by atoms with van der Waals surface area (Å²) in [4.78, 5) is 41.5. The molecule has 1 aromatic rings. The van der Waals surface area contributed by atoms with E-state index in [-0.39, 0.29) is 35.1 Å². The highest BCUT2D eigenvalue weighted by atomic mass is 16.2. The third-order valence-electron chi connectivity index (χ3n) is 6.24. The van der Waals surface area contributed by atoms with Crippen molar-refractivity contribution in [1.82, 2.24) is 9.80 Å². The van der Waals surface area contributed by atoms with Crippen molar-refractivity contribution in [2.75, 3.05) is 25.0 Å². The van der Waals surface area contributed by atoms with E-state index in [1.807, 2.05) is 57.7 Å². The van der Waals surface area contributed by atoms with Gasteiger partial charge in [-0.1, -0.05) is 6.07 Å². The first-order valence-electron chi connectivity index (χ1n) is 10.5. The maximum Gasteiger partial charge on any atom is 0.227 e. The van der Waals surface area contributed by atoms with Crippen LogP contribution in [0.15, 0.2) is 18.2 Å². The number of likely N-dealkylation sites (tertiary alicyclic amines) is 2. The van der Waals surface area contributed by atoms with Crippen LogP contribution in [0.2, 0.25) is 0 Å². The van der Waals surface area contributed by atoms with Crippen molar-refractivity contribution in [2.45, 2.75) is 59.4 Å². The Morgan fingerprint density at radius 2 is 1.69 bits per heavy atom. The predicted molar refractivity (Wildman–Crippen MR) is 113 cm³/mol. The van der Waals surface area contributed by atoms with Gasteiger partial charge in [-0.25, -0.2) is 0 Å². The lowest BCUT2D eigenvalue weighted by molar-refractivity contribution is -0.138. The van der Waals surface area contributed by atoms with Gasteiger partial charge in [0.25, 0.3) is 0 Å². The Kier molecular flexibility index (Phi) is 6.01. The minimum Gasteiger partial charge on any atom is -0.342 e. The number of carbonyl (C=O) groups excluding carboxylic acids is 3. The summed E-state index contributed by atoms with van der Waals surface area (Å²) >= 11 is 0. The average molecular weight is 400 g/mol. The number of hydrogen-bond acceptors (Lipinski definition) is 3. The smallest absolute Gasteiger partial charge is 0.227 e. The topological polar surface area (TPSA) is 69.7 Å². The molecule has 1 N–H and O–H groups in total. The molecule has 2 aliphatic heterocycles. The van der Waals surface area contributed by atoms with Crippen molar-refractivity contribution in [2.24, 2.45) is 11.8 Å². The molecule has 6 nitrogen and oxygen atoms in total. The van der Waals surface area contributed by atoms with Gasteiger partial charge in [0.2, 0.25) is 17.7 Å². The molecule has 1 unspecified atom stereocenters. The van der Waals surface area contributed by atoms with Crippen molar-refractivity contribution >= 4 is 23.4 Å². The van der Waals surface area contributed by atoms with Gasteiger partial charge in [-0.2, -0.15) is 0 Å². The van der Waals surface area contributed by atoms with Crippen molar-refractivity contribution in [3.05, 3.63) is 29.3 Å². The fourth-order valence-electron chi connectivity index (χ4n) is 4.20. The van der Waals surface area contributed by atoms with Gasteiger partial charge >= 0.3 is 0 Å². The zero-order valence-corrected chi connectivity index (χ0v) is 18.2. The molecule has 6 heteroatoms. The summed E-state index contributed by atoms with van der Waals surface area (Å²) in [7, 11) is 0. The molecule has 0 bridgehead atoms. The number of amides is 3. The summed E-state index contributed by atoms with van der Waals surface area (Å²) in [6.45, 7) is 11.7. The zero-order chi connectivity index (χ0) is 21.3. The summed E-state index contributed by atoms with van der Waals surface area (Å²) in [6.07, 6.45) is 1.61. The van der Waals surface area contributed by atoms with E-state index in [0.717, 1.165) is 11.3 Å². The SMILES string of the molecule is Cc1ccc(NC(=O)C2CCN(C(=O)C3CC(=O)N(C(C)(C)C)C3)CC2)cc1C. The lowest BCUT2D eigenvalue weighted by Crippen LogP contribution is -2.46. The van der Waals surface area contributed by atoms with E-state index >= 15 is 0 Å². The number of hydrogen-bond donors (Lipinski definition) is 1. The van der Waals surface area contributed by atoms with Gasteiger partial charge < -0.3 is 15.1 Å². The van der Waals surface area contributed by atoms with Gasteiger partial charge in [0.1, 0.15) is 0 Å². The molecule has 158 valence electrons. The first-order chi connectivity index (χ1) is 13.6. The molecule has 29 heavy (non-hydrogen) atoms. The van der Waals surface area contributed by atoms with Crippen LogP contribution in [0, 0.1) is 25.7 Å². The predicted octanol–water partition coefficient (Wildman–Crippen LogP) is 3.13. The highest BCUT2D eigenvalue weighted by molar-refractivity contribution is 5.93. The largest absolute Gasteiger partial charge is 0.342 e. The number of anilines is 1. The van der Waals surface area contributed by atoms with E-state index in [1.54, 1.807) is 4.90 Å². The zero-order valence-electron chi connectivity index (χ0n) is 18.2. The highest BCUT2D eigenvalue weighted by Crippen LogP contribution is 2.29. The molecule has 0 saturated carbocycles. The van der Waals surface area contributed by atoms with Crippen molar-refractivity contribution < 1.29 is 14.4 Å². The monoisotopic (exact) mass is 399 g/mol. The maximum absolute atomic E-state index is 12.9. The van der Waals surface area contributed by atoms with Crippen LogP contribution in [0.5, 0.6) is 0 Å². The Labute approximate surface area is 173 Å². The van der Waals surface area contributed by atoms with Crippen molar-refractivity contribution in [1.29, 1.82) is 0 Å². The molecule has 3 rings (SSSR count). The van der Waals surface area contributed by atoms with E-state index < -0.39 is 0 Å². The molecule has 0 aromatic heterocycles. The summed E-state index contributed by atoms with van der Waals surface area (Å²) in [6, 6.07) is 5.93. The molecule has 2 fully saturated rings.